The number of hydrogen-bond donors (Lipinski definition) is 2. The monoisotopic (exact) mass is 169 g/mol. The van der Waals surface area contributed by atoms with Crippen LogP contribution in [0.15, 0.2) is 12.1 Å². The summed E-state index contributed by atoms with van der Waals surface area (Å²) in [6.07, 6.45) is 0. The molecule has 0 aliphatic carbocycles. The fourth-order valence-corrected chi connectivity index (χ4v) is 1.17. The second-order valence-corrected chi connectivity index (χ2v) is 2.95. The maximum Gasteiger partial charge on any atom is 0.165 e. The summed E-state index contributed by atoms with van der Waals surface area (Å²) in [6.45, 7) is 3.57. The first kappa shape index (κ1) is 9.00. The van der Waals surface area contributed by atoms with Crippen molar-refractivity contribution in [2.45, 2.75) is 19.9 Å². The van der Waals surface area contributed by atoms with Gasteiger partial charge in [0.25, 0.3) is 0 Å². The van der Waals surface area contributed by atoms with Crippen molar-refractivity contribution in [1.29, 1.82) is 0 Å². The molecule has 0 radical (unpaired) electrons. The van der Waals surface area contributed by atoms with E-state index in [1.807, 2.05) is 0 Å². The van der Waals surface area contributed by atoms with Crippen LogP contribution in [-0.2, 0) is 0 Å². The van der Waals surface area contributed by atoms with Gasteiger partial charge in [0.15, 0.2) is 11.6 Å². The van der Waals surface area contributed by atoms with Crippen LogP contribution in [0.4, 0.5) is 4.39 Å². The van der Waals surface area contributed by atoms with Crippen molar-refractivity contribution in [3.05, 3.63) is 29.1 Å². The summed E-state index contributed by atoms with van der Waals surface area (Å²) in [5.41, 5.74) is 7.12. The average Bonchev–Trinajstić information content (AvgIpc) is 1.96. The normalized spacial score (nSPS) is 13.0. The number of phenolic OH excluding ortho intramolecular Hbond substituents is 1. The second kappa shape index (κ2) is 3.11. The van der Waals surface area contributed by atoms with E-state index in [1.165, 1.54) is 12.1 Å². The lowest BCUT2D eigenvalue weighted by Gasteiger charge is -2.09. The number of phenols is 1. The van der Waals surface area contributed by atoms with Crippen molar-refractivity contribution < 1.29 is 9.50 Å². The highest BCUT2D eigenvalue weighted by molar-refractivity contribution is 5.36. The Morgan fingerprint density at radius 2 is 2.08 bits per heavy atom. The van der Waals surface area contributed by atoms with Crippen LogP contribution in [0.3, 0.4) is 0 Å². The quantitative estimate of drug-likeness (QED) is 0.674. The van der Waals surface area contributed by atoms with Gasteiger partial charge < -0.3 is 10.8 Å². The molecule has 3 heteroatoms. The number of aryl methyl sites for hydroxylation is 1. The number of rotatable bonds is 1. The minimum atomic E-state index is -0.618. The number of halogens is 1. The molecule has 0 aliphatic rings. The fraction of sp³-hybridized carbons (Fsp3) is 0.333. The summed E-state index contributed by atoms with van der Waals surface area (Å²) in [5, 5.41) is 8.99. The molecule has 2 nitrogen and oxygen atoms in total. The molecular formula is C9H12FNO. The Balaban J connectivity index is 3.23. The highest BCUT2D eigenvalue weighted by atomic mass is 19.1. The zero-order chi connectivity index (χ0) is 9.30. The van der Waals surface area contributed by atoms with Crippen LogP contribution in [-0.4, -0.2) is 5.11 Å². The van der Waals surface area contributed by atoms with Gasteiger partial charge in [0.1, 0.15) is 0 Å². The van der Waals surface area contributed by atoms with E-state index in [2.05, 4.69) is 0 Å². The van der Waals surface area contributed by atoms with Crippen LogP contribution in [0.25, 0.3) is 0 Å². The fourth-order valence-electron chi connectivity index (χ4n) is 1.17. The SMILES string of the molecule is Cc1cc(O)c(F)cc1C(C)N. The summed E-state index contributed by atoms with van der Waals surface area (Å²) in [7, 11) is 0. The number of benzene rings is 1. The Bertz CT molecular complexity index is 297. The number of hydrogen-bond acceptors (Lipinski definition) is 2. The first-order valence-electron chi connectivity index (χ1n) is 3.77. The van der Waals surface area contributed by atoms with Crippen LogP contribution in [0, 0.1) is 12.7 Å². The molecule has 0 spiro atoms. The lowest BCUT2D eigenvalue weighted by atomic mass is 10.0. The summed E-state index contributed by atoms with van der Waals surface area (Å²) in [5.74, 6) is -0.940. The molecule has 1 atom stereocenters. The van der Waals surface area contributed by atoms with Crippen LogP contribution < -0.4 is 5.73 Å². The molecule has 0 amide bonds. The Kier molecular flexibility index (Phi) is 2.33. The molecule has 1 aromatic rings. The van der Waals surface area contributed by atoms with E-state index in [0.717, 1.165) is 11.1 Å². The first-order valence-corrected chi connectivity index (χ1v) is 3.77. The summed E-state index contributed by atoms with van der Waals surface area (Å²) >= 11 is 0. The van der Waals surface area contributed by atoms with Crippen LogP contribution in [0.1, 0.15) is 24.1 Å². The van der Waals surface area contributed by atoms with Crippen molar-refractivity contribution in [3.8, 4) is 5.75 Å². The van der Waals surface area contributed by atoms with Crippen molar-refractivity contribution in [2.75, 3.05) is 0 Å². The molecule has 0 heterocycles. The Labute approximate surface area is 70.8 Å². The van der Waals surface area contributed by atoms with E-state index in [4.69, 9.17) is 10.8 Å². The molecule has 0 saturated heterocycles. The Morgan fingerprint density at radius 1 is 1.50 bits per heavy atom. The molecular weight excluding hydrogens is 157 g/mol. The molecule has 0 aliphatic heterocycles. The topological polar surface area (TPSA) is 46.2 Å². The third-order valence-electron chi connectivity index (χ3n) is 1.83. The van der Waals surface area contributed by atoms with Gasteiger partial charge in [-0.3, -0.25) is 0 Å². The van der Waals surface area contributed by atoms with Gasteiger partial charge in [0.05, 0.1) is 0 Å². The molecule has 12 heavy (non-hydrogen) atoms. The van der Waals surface area contributed by atoms with Crippen molar-refractivity contribution >= 4 is 0 Å². The van der Waals surface area contributed by atoms with E-state index in [-0.39, 0.29) is 11.8 Å². The van der Waals surface area contributed by atoms with Crippen LogP contribution in [0.2, 0.25) is 0 Å². The lowest BCUT2D eigenvalue weighted by molar-refractivity contribution is 0.431. The molecule has 3 N–H and O–H groups in total. The van der Waals surface area contributed by atoms with E-state index in [0.29, 0.717) is 0 Å². The van der Waals surface area contributed by atoms with Gasteiger partial charge in [0.2, 0.25) is 0 Å². The summed E-state index contributed by atoms with van der Waals surface area (Å²) in [4.78, 5) is 0. The van der Waals surface area contributed by atoms with Gasteiger partial charge in [-0.2, -0.15) is 0 Å². The minimum absolute atomic E-state index is 0.208. The van der Waals surface area contributed by atoms with Gasteiger partial charge in [0, 0.05) is 6.04 Å². The van der Waals surface area contributed by atoms with Gasteiger partial charge >= 0.3 is 0 Å². The first-order chi connectivity index (χ1) is 5.52. The standard InChI is InChI=1S/C9H12FNO/c1-5-3-9(12)8(10)4-7(5)6(2)11/h3-4,6,12H,11H2,1-2H3. The molecule has 1 rings (SSSR count). The van der Waals surface area contributed by atoms with Gasteiger partial charge in [-0.05, 0) is 37.1 Å². The summed E-state index contributed by atoms with van der Waals surface area (Å²) in [6, 6.07) is 2.45. The third kappa shape index (κ3) is 1.56. The molecule has 1 unspecified atom stereocenters. The van der Waals surface area contributed by atoms with Gasteiger partial charge in [-0.25, -0.2) is 4.39 Å². The third-order valence-corrected chi connectivity index (χ3v) is 1.83. The number of aromatic hydroxyl groups is 1. The highest BCUT2D eigenvalue weighted by Gasteiger charge is 2.08. The van der Waals surface area contributed by atoms with Gasteiger partial charge in [-0.15, -0.1) is 0 Å². The Hall–Kier alpha value is -1.09. The largest absolute Gasteiger partial charge is 0.505 e. The second-order valence-electron chi connectivity index (χ2n) is 2.95. The molecule has 1 aromatic carbocycles. The van der Waals surface area contributed by atoms with E-state index >= 15 is 0 Å². The maximum absolute atomic E-state index is 12.8. The van der Waals surface area contributed by atoms with E-state index < -0.39 is 5.82 Å². The maximum atomic E-state index is 12.8. The Morgan fingerprint density at radius 3 is 2.58 bits per heavy atom. The van der Waals surface area contributed by atoms with Crippen LogP contribution in [0.5, 0.6) is 5.75 Å². The highest BCUT2D eigenvalue weighted by Crippen LogP contribution is 2.23. The predicted octanol–water partition coefficient (Wildman–Crippen LogP) is 1.86. The zero-order valence-corrected chi connectivity index (χ0v) is 7.13. The average molecular weight is 169 g/mol. The van der Waals surface area contributed by atoms with Crippen molar-refractivity contribution in [3.63, 3.8) is 0 Å². The summed E-state index contributed by atoms with van der Waals surface area (Å²) < 4.78 is 12.8. The zero-order valence-electron chi connectivity index (χ0n) is 7.13. The molecule has 0 aromatic heterocycles. The van der Waals surface area contributed by atoms with E-state index in [9.17, 15) is 4.39 Å². The predicted molar refractivity (Wildman–Crippen MR) is 45.4 cm³/mol. The van der Waals surface area contributed by atoms with Crippen molar-refractivity contribution in [2.24, 2.45) is 5.73 Å². The van der Waals surface area contributed by atoms with Crippen LogP contribution >= 0.6 is 0 Å². The smallest absolute Gasteiger partial charge is 0.165 e. The molecule has 0 fully saturated rings. The minimum Gasteiger partial charge on any atom is -0.505 e. The molecule has 0 bridgehead atoms. The van der Waals surface area contributed by atoms with Crippen molar-refractivity contribution in [1.82, 2.24) is 0 Å². The number of nitrogens with two attached hydrogens (primary N) is 1. The van der Waals surface area contributed by atoms with E-state index in [1.54, 1.807) is 13.8 Å². The molecule has 0 saturated carbocycles. The molecule has 66 valence electrons. The lowest BCUT2D eigenvalue weighted by Crippen LogP contribution is -2.07. The van der Waals surface area contributed by atoms with Gasteiger partial charge in [-0.1, -0.05) is 0 Å².